The van der Waals surface area contributed by atoms with Crippen molar-refractivity contribution in [3.05, 3.63) is 64.1 Å². The molecular formula is C17H17BrOS. The molecule has 2 aromatic carbocycles. The Morgan fingerprint density at radius 2 is 1.65 bits per heavy atom. The molecule has 0 amide bonds. The number of hydrogen-bond donors (Lipinski definition) is 0. The molecule has 0 spiro atoms. The number of ketones is 1. The molecule has 0 aliphatic carbocycles. The molecule has 0 atom stereocenters. The summed E-state index contributed by atoms with van der Waals surface area (Å²) >= 11 is 4.96. The quantitative estimate of drug-likeness (QED) is 0.520. The third-order valence-corrected chi connectivity index (χ3v) is 4.62. The van der Waals surface area contributed by atoms with Crippen LogP contribution in [-0.2, 0) is 0 Å². The molecule has 2 aromatic rings. The molecule has 0 unspecified atom stereocenters. The van der Waals surface area contributed by atoms with Gasteiger partial charge in [-0.25, -0.2) is 0 Å². The molecule has 2 rings (SSSR count). The van der Waals surface area contributed by atoms with E-state index in [9.17, 15) is 4.79 Å². The van der Waals surface area contributed by atoms with Gasteiger partial charge in [0.1, 0.15) is 0 Å². The monoisotopic (exact) mass is 348 g/mol. The van der Waals surface area contributed by atoms with Gasteiger partial charge in [-0.1, -0.05) is 54.0 Å². The second-order valence-corrected chi connectivity index (χ2v) is 6.91. The Morgan fingerprint density at radius 1 is 1.05 bits per heavy atom. The summed E-state index contributed by atoms with van der Waals surface area (Å²) in [6, 6.07) is 16.0. The number of thioether (sulfide) groups is 1. The van der Waals surface area contributed by atoms with Gasteiger partial charge in [-0.2, -0.15) is 0 Å². The maximum Gasteiger partial charge on any atom is 0.173 e. The number of rotatable bonds is 5. The molecule has 104 valence electrons. The second kappa shape index (κ2) is 7.09. The Balaban J connectivity index is 1.94. The first-order valence-corrected chi connectivity index (χ1v) is 8.35. The maximum atomic E-state index is 12.1. The van der Waals surface area contributed by atoms with Crippen molar-refractivity contribution in [3.8, 4) is 0 Å². The third kappa shape index (κ3) is 4.22. The van der Waals surface area contributed by atoms with Crippen LogP contribution in [0.15, 0.2) is 57.9 Å². The van der Waals surface area contributed by atoms with Gasteiger partial charge in [0.2, 0.25) is 0 Å². The normalized spacial score (nSPS) is 10.8. The van der Waals surface area contributed by atoms with Crippen molar-refractivity contribution in [2.45, 2.75) is 24.7 Å². The molecule has 0 fully saturated rings. The summed E-state index contributed by atoms with van der Waals surface area (Å²) in [5.41, 5.74) is 2.09. The predicted octanol–water partition coefficient (Wildman–Crippen LogP) is 5.55. The molecule has 0 aliphatic heterocycles. The van der Waals surface area contributed by atoms with Crippen LogP contribution in [0, 0.1) is 0 Å². The summed E-state index contributed by atoms with van der Waals surface area (Å²) in [5, 5.41) is 0. The summed E-state index contributed by atoms with van der Waals surface area (Å²) < 4.78 is 0.992. The molecule has 0 radical (unpaired) electrons. The molecule has 3 heteroatoms. The van der Waals surface area contributed by atoms with Crippen LogP contribution < -0.4 is 0 Å². The fraction of sp³-hybridized carbons (Fsp3) is 0.235. The number of Topliss-reactive ketones (excluding diaryl/α,β-unsaturated/α-hetero) is 1. The van der Waals surface area contributed by atoms with Gasteiger partial charge in [0.25, 0.3) is 0 Å². The van der Waals surface area contributed by atoms with Gasteiger partial charge in [0, 0.05) is 14.9 Å². The minimum absolute atomic E-state index is 0.162. The highest BCUT2D eigenvalue weighted by Gasteiger charge is 2.07. The van der Waals surface area contributed by atoms with Crippen molar-refractivity contribution in [3.63, 3.8) is 0 Å². The van der Waals surface area contributed by atoms with E-state index in [1.54, 1.807) is 11.8 Å². The van der Waals surface area contributed by atoms with E-state index >= 15 is 0 Å². The van der Waals surface area contributed by atoms with E-state index in [-0.39, 0.29) is 5.78 Å². The van der Waals surface area contributed by atoms with Crippen molar-refractivity contribution in [1.29, 1.82) is 0 Å². The smallest absolute Gasteiger partial charge is 0.173 e. The standard InChI is InChI=1S/C17H17BrOS/c1-12(2)13-5-9-16(10-6-13)20-11-17(19)14-3-7-15(18)8-4-14/h3-10,12H,11H2,1-2H3. The van der Waals surface area contributed by atoms with Crippen LogP contribution in [0.4, 0.5) is 0 Å². The first kappa shape index (κ1) is 15.3. The Kier molecular flexibility index (Phi) is 5.44. The molecule has 0 bridgehead atoms. The lowest BCUT2D eigenvalue weighted by atomic mass is 10.0. The van der Waals surface area contributed by atoms with Crippen molar-refractivity contribution < 1.29 is 4.79 Å². The average Bonchev–Trinajstić information content (AvgIpc) is 2.46. The predicted molar refractivity (Wildman–Crippen MR) is 89.7 cm³/mol. The highest BCUT2D eigenvalue weighted by molar-refractivity contribution is 9.10. The van der Waals surface area contributed by atoms with Crippen LogP contribution in [-0.4, -0.2) is 11.5 Å². The highest BCUT2D eigenvalue weighted by atomic mass is 79.9. The number of hydrogen-bond acceptors (Lipinski definition) is 2. The zero-order valence-corrected chi connectivity index (χ0v) is 14.0. The average molecular weight is 349 g/mol. The molecule has 0 saturated heterocycles. The summed E-state index contributed by atoms with van der Waals surface area (Å²) in [6.07, 6.45) is 0. The summed E-state index contributed by atoms with van der Waals surface area (Å²) in [6.45, 7) is 4.36. The first-order valence-electron chi connectivity index (χ1n) is 6.58. The van der Waals surface area contributed by atoms with Gasteiger partial charge in [-0.3, -0.25) is 4.79 Å². The Labute approximate surface area is 132 Å². The second-order valence-electron chi connectivity index (χ2n) is 4.94. The fourth-order valence-corrected chi connectivity index (χ4v) is 2.87. The number of halogens is 1. The maximum absolute atomic E-state index is 12.1. The van der Waals surface area contributed by atoms with Gasteiger partial charge in [0.15, 0.2) is 5.78 Å². The molecule has 20 heavy (non-hydrogen) atoms. The Morgan fingerprint density at radius 3 is 2.20 bits per heavy atom. The lowest BCUT2D eigenvalue weighted by Crippen LogP contribution is -2.01. The minimum Gasteiger partial charge on any atom is -0.293 e. The van der Waals surface area contributed by atoms with E-state index < -0.39 is 0 Å². The number of carbonyl (C=O) groups is 1. The van der Waals surface area contributed by atoms with Crippen LogP contribution in [0.2, 0.25) is 0 Å². The summed E-state index contributed by atoms with van der Waals surface area (Å²) in [7, 11) is 0. The zero-order valence-electron chi connectivity index (χ0n) is 11.6. The molecule has 1 nitrogen and oxygen atoms in total. The lowest BCUT2D eigenvalue weighted by Gasteiger charge is -2.06. The van der Waals surface area contributed by atoms with E-state index in [4.69, 9.17) is 0 Å². The van der Waals surface area contributed by atoms with Gasteiger partial charge < -0.3 is 0 Å². The first-order chi connectivity index (χ1) is 9.56. The van der Waals surface area contributed by atoms with Crippen LogP contribution in [0.5, 0.6) is 0 Å². The van der Waals surface area contributed by atoms with E-state index in [2.05, 4.69) is 54.0 Å². The molecule has 0 heterocycles. The molecule has 0 aromatic heterocycles. The summed E-state index contributed by atoms with van der Waals surface area (Å²) in [4.78, 5) is 13.2. The van der Waals surface area contributed by atoms with Crippen molar-refractivity contribution in [1.82, 2.24) is 0 Å². The van der Waals surface area contributed by atoms with Crippen LogP contribution >= 0.6 is 27.7 Å². The van der Waals surface area contributed by atoms with Crippen LogP contribution in [0.25, 0.3) is 0 Å². The van der Waals surface area contributed by atoms with Gasteiger partial charge in [0.05, 0.1) is 5.75 Å². The van der Waals surface area contributed by atoms with E-state index in [1.165, 1.54) is 5.56 Å². The van der Waals surface area contributed by atoms with Gasteiger partial charge >= 0.3 is 0 Å². The zero-order chi connectivity index (χ0) is 14.5. The SMILES string of the molecule is CC(C)c1ccc(SCC(=O)c2ccc(Br)cc2)cc1. The number of benzene rings is 2. The third-order valence-electron chi connectivity index (χ3n) is 3.08. The molecule has 0 aliphatic rings. The van der Waals surface area contributed by atoms with Crippen molar-refractivity contribution in [2.75, 3.05) is 5.75 Å². The topological polar surface area (TPSA) is 17.1 Å². The Hall–Kier alpha value is -1.06. The molecule has 0 N–H and O–H groups in total. The largest absolute Gasteiger partial charge is 0.293 e. The van der Waals surface area contributed by atoms with Crippen molar-refractivity contribution >= 4 is 33.5 Å². The fourth-order valence-electron chi connectivity index (χ4n) is 1.82. The van der Waals surface area contributed by atoms with E-state index in [0.29, 0.717) is 11.7 Å². The molecule has 0 saturated carbocycles. The van der Waals surface area contributed by atoms with Gasteiger partial charge in [-0.05, 0) is 35.7 Å². The summed E-state index contributed by atoms with van der Waals surface area (Å²) in [5.74, 6) is 1.18. The minimum atomic E-state index is 0.162. The highest BCUT2D eigenvalue weighted by Crippen LogP contribution is 2.23. The van der Waals surface area contributed by atoms with E-state index in [1.807, 2.05) is 24.3 Å². The Bertz CT molecular complexity index is 573. The van der Waals surface area contributed by atoms with Crippen LogP contribution in [0.3, 0.4) is 0 Å². The van der Waals surface area contributed by atoms with Gasteiger partial charge in [-0.15, -0.1) is 11.8 Å². The lowest BCUT2D eigenvalue weighted by molar-refractivity contribution is 0.102. The van der Waals surface area contributed by atoms with E-state index in [0.717, 1.165) is 14.9 Å². The molecular weight excluding hydrogens is 332 g/mol. The van der Waals surface area contributed by atoms with Crippen LogP contribution in [0.1, 0.15) is 35.7 Å². The van der Waals surface area contributed by atoms with Crippen molar-refractivity contribution in [2.24, 2.45) is 0 Å². The number of carbonyl (C=O) groups excluding carboxylic acids is 1.